The van der Waals surface area contributed by atoms with E-state index in [-0.39, 0.29) is 0 Å². The van der Waals surface area contributed by atoms with Crippen LogP contribution in [0.15, 0.2) is 30.3 Å². The Balaban J connectivity index is 2.58. The number of esters is 1. The summed E-state index contributed by atoms with van der Waals surface area (Å²) in [6.45, 7) is 1.94. The first-order valence-corrected chi connectivity index (χ1v) is 5.24. The van der Waals surface area contributed by atoms with Crippen LogP contribution in [0.3, 0.4) is 0 Å². The van der Waals surface area contributed by atoms with Crippen LogP contribution in [0.2, 0.25) is 0 Å². The van der Waals surface area contributed by atoms with E-state index in [0.717, 1.165) is 6.42 Å². The number of benzene rings is 1. The predicted octanol–water partition coefficient (Wildman–Crippen LogP) is 1.51. The van der Waals surface area contributed by atoms with Crippen LogP contribution in [0.4, 0.5) is 0 Å². The molecule has 4 heteroatoms. The maximum atomic E-state index is 11.6. The van der Waals surface area contributed by atoms with Gasteiger partial charge >= 0.3 is 5.97 Å². The number of carbonyl (C=O) groups excluding carboxylic acids is 2. The van der Waals surface area contributed by atoms with E-state index in [2.05, 4.69) is 5.32 Å². The fourth-order valence-electron chi connectivity index (χ4n) is 1.32. The highest BCUT2D eigenvalue weighted by Crippen LogP contribution is 2.10. The second kappa shape index (κ2) is 6.61. The molecular formula is C12H15NO3. The van der Waals surface area contributed by atoms with Crippen molar-refractivity contribution in [3.63, 3.8) is 0 Å². The van der Waals surface area contributed by atoms with Gasteiger partial charge in [0, 0.05) is 0 Å². The van der Waals surface area contributed by atoms with Crippen molar-refractivity contribution in [3.8, 4) is 5.75 Å². The molecule has 1 unspecified atom stereocenters. The highest BCUT2D eigenvalue weighted by atomic mass is 16.5. The Hall–Kier alpha value is -1.84. The van der Waals surface area contributed by atoms with Crippen LogP contribution in [-0.2, 0) is 9.59 Å². The maximum absolute atomic E-state index is 11.6. The van der Waals surface area contributed by atoms with E-state index in [4.69, 9.17) is 4.74 Å². The SMILES string of the molecule is CCCC(NC=O)C(=O)Oc1ccccc1. The first-order chi connectivity index (χ1) is 7.77. The summed E-state index contributed by atoms with van der Waals surface area (Å²) < 4.78 is 5.12. The molecule has 0 saturated carbocycles. The summed E-state index contributed by atoms with van der Waals surface area (Å²) in [5.41, 5.74) is 0. The molecule has 1 N–H and O–H groups in total. The van der Waals surface area contributed by atoms with Gasteiger partial charge < -0.3 is 10.1 Å². The molecule has 1 rings (SSSR count). The van der Waals surface area contributed by atoms with Crippen LogP contribution < -0.4 is 10.1 Å². The van der Waals surface area contributed by atoms with Crippen LogP contribution in [0.5, 0.6) is 5.75 Å². The van der Waals surface area contributed by atoms with E-state index in [1.54, 1.807) is 24.3 Å². The van der Waals surface area contributed by atoms with Crippen molar-refractivity contribution < 1.29 is 14.3 Å². The summed E-state index contributed by atoms with van der Waals surface area (Å²) in [6.07, 6.45) is 1.90. The molecule has 0 heterocycles. The first kappa shape index (κ1) is 12.2. The van der Waals surface area contributed by atoms with Gasteiger partial charge in [-0.15, -0.1) is 0 Å². The summed E-state index contributed by atoms with van der Waals surface area (Å²) >= 11 is 0. The molecule has 0 spiro atoms. The first-order valence-electron chi connectivity index (χ1n) is 5.24. The van der Waals surface area contributed by atoms with Crippen LogP contribution in [0, 0.1) is 0 Å². The third-order valence-electron chi connectivity index (χ3n) is 2.09. The Morgan fingerprint density at radius 3 is 2.69 bits per heavy atom. The lowest BCUT2D eigenvalue weighted by Gasteiger charge is -2.13. The lowest BCUT2D eigenvalue weighted by Crippen LogP contribution is -2.38. The van der Waals surface area contributed by atoms with Gasteiger partial charge in [-0.2, -0.15) is 0 Å². The number of hydrogen-bond acceptors (Lipinski definition) is 3. The second-order valence-corrected chi connectivity index (χ2v) is 3.36. The molecule has 1 amide bonds. The number of nitrogens with one attached hydrogen (secondary N) is 1. The van der Waals surface area contributed by atoms with Crippen molar-refractivity contribution in [2.24, 2.45) is 0 Å². The van der Waals surface area contributed by atoms with Gasteiger partial charge in [-0.3, -0.25) is 4.79 Å². The van der Waals surface area contributed by atoms with Gasteiger partial charge in [0.15, 0.2) is 0 Å². The minimum atomic E-state index is -0.567. The van der Waals surface area contributed by atoms with Crippen molar-refractivity contribution in [3.05, 3.63) is 30.3 Å². The molecule has 0 aromatic heterocycles. The van der Waals surface area contributed by atoms with Crippen LogP contribution in [-0.4, -0.2) is 18.4 Å². The molecular weight excluding hydrogens is 206 g/mol. The average molecular weight is 221 g/mol. The molecule has 0 bridgehead atoms. The van der Waals surface area contributed by atoms with Crippen molar-refractivity contribution >= 4 is 12.4 Å². The zero-order valence-corrected chi connectivity index (χ0v) is 9.18. The molecule has 0 aliphatic heterocycles. The summed E-state index contributed by atoms with van der Waals surface area (Å²) in [5.74, 6) is 0.0569. The molecule has 1 aromatic rings. The maximum Gasteiger partial charge on any atom is 0.334 e. The molecule has 0 aliphatic rings. The average Bonchev–Trinajstić information content (AvgIpc) is 2.30. The number of para-hydroxylation sites is 1. The highest BCUT2D eigenvalue weighted by molar-refractivity contribution is 5.80. The van der Waals surface area contributed by atoms with Crippen molar-refractivity contribution in [2.75, 3.05) is 0 Å². The van der Waals surface area contributed by atoms with E-state index in [1.807, 2.05) is 13.0 Å². The molecule has 0 saturated heterocycles. The van der Waals surface area contributed by atoms with Gasteiger partial charge in [-0.05, 0) is 18.6 Å². The predicted molar refractivity (Wildman–Crippen MR) is 60.0 cm³/mol. The van der Waals surface area contributed by atoms with Crippen molar-refractivity contribution in [1.82, 2.24) is 5.32 Å². The molecule has 4 nitrogen and oxygen atoms in total. The lowest BCUT2D eigenvalue weighted by molar-refractivity contribution is -0.138. The van der Waals surface area contributed by atoms with E-state index in [0.29, 0.717) is 18.6 Å². The van der Waals surface area contributed by atoms with Gasteiger partial charge in [0.2, 0.25) is 6.41 Å². The smallest absolute Gasteiger partial charge is 0.334 e. The zero-order valence-electron chi connectivity index (χ0n) is 9.18. The largest absolute Gasteiger partial charge is 0.425 e. The number of rotatable bonds is 6. The number of amides is 1. The lowest BCUT2D eigenvalue weighted by atomic mass is 10.2. The van der Waals surface area contributed by atoms with Gasteiger partial charge in [-0.25, -0.2) is 4.79 Å². The fraction of sp³-hybridized carbons (Fsp3) is 0.333. The third-order valence-corrected chi connectivity index (χ3v) is 2.09. The van der Waals surface area contributed by atoms with Crippen LogP contribution >= 0.6 is 0 Å². The van der Waals surface area contributed by atoms with Gasteiger partial charge in [0.05, 0.1) is 0 Å². The molecule has 86 valence electrons. The quantitative estimate of drug-likeness (QED) is 0.450. The Kier molecular flexibility index (Phi) is 5.05. The number of ether oxygens (including phenoxy) is 1. The topological polar surface area (TPSA) is 55.4 Å². The second-order valence-electron chi connectivity index (χ2n) is 3.36. The highest BCUT2D eigenvalue weighted by Gasteiger charge is 2.18. The summed E-state index contributed by atoms with van der Waals surface area (Å²) in [5, 5.41) is 2.45. The van der Waals surface area contributed by atoms with Gasteiger partial charge in [0.25, 0.3) is 0 Å². The minimum Gasteiger partial charge on any atom is -0.425 e. The van der Waals surface area contributed by atoms with Gasteiger partial charge in [-0.1, -0.05) is 31.5 Å². The molecule has 0 fully saturated rings. The molecule has 1 aromatic carbocycles. The number of hydrogen-bond donors (Lipinski definition) is 1. The third kappa shape index (κ3) is 3.73. The summed E-state index contributed by atoms with van der Waals surface area (Å²) in [6, 6.07) is 8.23. The van der Waals surface area contributed by atoms with Crippen molar-refractivity contribution in [1.29, 1.82) is 0 Å². The zero-order chi connectivity index (χ0) is 11.8. The Labute approximate surface area is 94.6 Å². The molecule has 0 aliphatic carbocycles. The van der Waals surface area contributed by atoms with E-state index in [1.165, 1.54) is 0 Å². The summed E-state index contributed by atoms with van der Waals surface area (Å²) in [4.78, 5) is 22.0. The Morgan fingerprint density at radius 2 is 2.12 bits per heavy atom. The van der Waals surface area contributed by atoms with Gasteiger partial charge in [0.1, 0.15) is 11.8 Å². The molecule has 0 radical (unpaired) electrons. The van der Waals surface area contributed by atoms with E-state index >= 15 is 0 Å². The van der Waals surface area contributed by atoms with Crippen molar-refractivity contribution in [2.45, 2.75) is 25.8 Å². The van der Waals surface area contributed by atoms with Crippen LogP contribution in [0.25, 0.3) is 0 Å². The number of carbonyl (C=O) groups is 2. The monoisotopic (exact) mass is 221 g/mol. The normalized spacial score (nSPS) is 11.6. The Morgan fingerprint density at radius 1 is 1.44 bits per heavy atom. The fourth-order valence-corrected chi connectivity index (χ4v) is 1.32. The summed E-state index contributed by atoms with van der Waals surface area (Å²) in [7, 11) is 0. The standard InChI is InChI=1S/C12H15NO3/c1-2-6-11(13-9-14)12(15)16-10-7-4-3-5-8-10/h3-5,7-9,11H,2,6H2,1H3,(H,13,14). The van der Waals surface area contributed by atoms with Crippen LogP contribution in [0.1, 0.15) is 19.8 Å². The Bertz CT molecular complexity index is 337. The van der Waals surface area contributed by atoms with E-state index < -0.39 is 12.0 Å². The van der Waals surface area contributed by atoms with E-state index in [9.17, 15) is 9.59 Å². The minimum absolute atomic E-state index is 0.430. The molecule has 1 atom stereocenters. The molecule has 16 heavy (non-hydrogen) atoms.